The number of likely N-dealkylation sites (tertiary alicyclic amines) is 1. The molecule has 7 heteroatoms. The predicted octanol–water partition coefficient (Wildman–Crippen LogP) is 1.83. The van der Waals surface area contributed by atoms with Gasteiger partial charge in [-0.2, -0.15) is 0 Å². The molecule has 3 heterocycles. The molecule has 1 amide bonds. The van der Waals surface area contributed by atoms with E-state index >= 15 is 0 Å². The van der Waals surface area contributed by atoms with E-state index in [1.807, 2.05) is 48.2 Å². The number of carbonyl (C=O) groups is 1. The normalized spacial score (nSPS) is 19.9. The van der Waals surface area contributed by atoms with Gasteiger partial charge in [0, 0.05) is 43.7 Å². The van der Waals surface area contributed by atoms with Gasteiger partial charge < -0.3 is 14.9 Å². The lowest BCUT2D eigenvalue weighted by Crippen LogP contribution is -2.43. The van der Waals surface area contributed by atoms with Gasteiger partial charge in [0.1, 0.15) is 5.76 Å². The molecule has 1 fully saturated rings. The molecule has 1 aliphatic heterocycles. The number of hydrogen-bond acceptors (Lipinski definition) is 6. The first-order valence-corrected chi connectivity index (χ1v) is 9.54. The summed E-state index contributed by atoms with van der Waals surface area (Å²) in [6.07, 6.45) is 2.38. The highest BCUT2D eigenvalue weighted by molar-refractivity contribution is 5.82. The monoisotopic (exact) mass is 380 g/mol. The van der Waals surface area contributed by atoms with Crippen LogP contribution in [0.4, 0.5) is 0 Å². The molecule has 1 aromatic carbocycles. The fraction of sp³-hybridized carbons (Fsp3) is 0.381. The number of benzene rings is 1. The van der Waals surface area contributed by atoms with Crippen molar-refractivity contribution in [3.8, 4) is 0 Å². The molecule has 0 aliphatic carbocycles. The lowest BCUT2D eigenvalue weighted by Gasteiger charge is -2.22. The molecule has 0 radical (unpaired) electrons. The largest absolute Gasteiger partial charge is 0.392 e. The zero-order valence-corrected chi connectivity index (χ0v) is 15.8. The maximum atomic E-state index is 12.7. The van der Waals surface area contributed by atoms with Gasteiger partial charge in [-0.15, -0.1) is 0 Å². The topological polar surface area (TPSA) is 91.5 Å². The molecule has 1 saturated heterocycles. The summed E-state index contributed by atoms with van der Waals surface area (Å²) < 4.78 is 5.24. The van der Waals surface area contributed by atoms with Crippen molar-refractivity contribution in [1.29, 1.82) is 0 Å². The summed E-state index contributed by atoms with van der Waals surface area (Å²) >= 11 is 0. The van der Waals surface area contributed by atoms with Gasteiger partial charge in [0.25, 0.3) is 0 Å². The number of amides is 1. The van der Waals surface area contributed by atoms with Crippen molar-refractivity contribution in [3.63, 3.8) is 0 Å². The Hall–Kier alpha value is -2.77. The molecule has 4 rings (SSSR count). The van der Waals surface area contributed by atoms with Crippen molar-refractivity contribution in [2.24, 2.45) is 0 Å². The molecule has 0 saturated carbocycles. The van der Waals surface area contributed by atoms with Crippen molar-refractivity contribution in [3.05, 3.63) is 59.6 Å². The number of nitrogens with one attached hydrogen (secondary N) is 1. The van der Waals surface area contributed by atoms with Crippen LogP contribution in [0.25, 0.3) is 10.9 Å². The van der Waals surface area contributed by atoms with E-state index in [2.05, 4.69) is 15.5 Å². The molecule has 0 spiro atoms. The summed E-state index contributed by atoms with van der Waals surface area (Å²) in [5.41, 5.74) is 2.76. The number of pyridine rings is 1. The number of aryl methyl sites for hydroxylation is 1. The highest BCUT2D eigenvalue weighted by Crippen LogP contribution is 2.19. The van der Waals surface area contributed by atoms with Gasteiger partial charge in [0.2, 0.25) is 5.91 Å². The summed E-state index contributed by atoms with van der Waals surface area (Å²) in [6.45, 7) is 3.45. The van der Waals surface area contributed by atoms with Crippen molar-refractivity contribution >= 4 is 16.8 Å². The van der Waals surface area contributed by atoms with Crippen molar-refractivity contribution in [2.75, 3.05) is 13.1 Å². The first-order valence-electron chi connectivity index (χ1n) is 9.54. The number of β-amino-alcohol motifs (C(OH)–C–C–N with tert-alkyl or cyclic N) is 1. The third kappa shape index (κ3) is 4.21. The molecule has 2 atom stereocenters. The van der Waals surface area contributed by atoms with Crippen LogP contribution in [0.2, 0.25) is 0 Å². The average molecular weight is 380 g/mol. The first-order chi connectivity index (χ1) is 13.6. The second-order valence-corrected chi connectivity index (χ2v) is 7.33. The van der Waals surface area contributed by atoms with Crippen LogP contribution in [0.5, 0.6) is 0 Å². The van der Waals surface area contributed by atoms with Crippen LogP contribution in [0.3, 0.4) is 0 Å². The Kier molecular flexibility index (Phi) is 5.36. The lowest BCUT2D eigenvalue weighted by atomic mass is 10.1. The van der Waals surface area contributed by atoms with E-state index in [4.69, 9.17) is 4.52 Å². The summed E-state index contributed by atoms with van der Waals surface area (Å²) in [7, 11) is 0. The molecule has 2 aromatic heterocycles. The second-order valence-electron chi connectivity index (χ2n) is 7.33. The Morgan fingerprint density at radius 1 is 1.36 bits per heavy atom. The van der Waals surface area contributed by atoms with E-state index in [1.54, 1.807) is 6.20 Å². The van der Waals surface area contributed by atoms with Crippen molar-refractivity contribution in [2.45, 2.75) is 38.5 Å². The molecule has 0 bridgehead atoms. The van der Waals surface area contributed by atoms with E-state index in [0.717, 1.165) is 27.9 Å². The van der Waals surface area contributed by atoms with Crippen molar-refractivity contribution < 1.29 is 14.4 Å². The maximum absolute atomic E-state index is 12.7. The van der Waals surface area contributed by atoms with Crippen LogP contribution in [-0.2, 0) is 17.8 Å². The number of hydrogen-bond donors (Lipinski definition) is 2. The predicted molar refractivity (Wildman–Crippen MR) is 105 cm³/mol. The van der Waals surface area contributed by atoms with Crippen LogP contribution in [-0.4, -0.2) is 51.3 Å². The van der Waals surface area contributed by atoms with Crippen LogP contribution in [0.1, 0.15) is 23.4 Å². The number of fused-ring (bicyclic) bond motifs is 1. The Morgan fingerprint density at radius 2 is 2.25 bits per heavy atom. The Labute approximate surface area is 163 Å². The molecule has 1 aliphatic rings. The maximum Gasteiger partial charge on any atom is 0.237 e. The van der Waals surface area contributed by atoms with Gasteiger partial charge in [-0.1, -0.05) is 23.4 Å². The number of aliphatic hydroxyl groups is 1. The molecular weight excluding hydrogens is 356 g/mol. The van der Waals surface area contributed by atoms with Gasteiger partial charge >= 0.3 is 0 Å². The van der Waals surface area contributed by atoms with Gasteiger partial charge in [-0.3, -0.25) is 14.7 Å². The van der Waals surface area contributed by atoms with Crippen LogP contribution in [0.15, 0.2) is 47.1 Å². The third-order valence-electron chi connectivity index (χ3n) is 5.14. The summed E-state index contributed by atoms with van der Waals surface area (Å²) in [5.74, 6) is 0.730. The Morgan fingerprint density at radius 3 is 3.07 bits per heavy atom. The van der Waals surface area contributed by atoms with Crippen molar-refractivity contribution in [1.82, 2.24) is 20.4 Å². The Balaban J connectivity index is 1.36. The van der Waals surface area contributed by atoms with Crippen LogP contribution >= 0.6 is 0 Å². The minimum absolute atomic E-state index is 0.0635. The quantitative estimate of drug-likeness (QED) is 0.678. The van der Waals surface area contributed by atoms with E-state index in [-0.39, 0.29) is 11.9 Å². The number of rotatable bonds is 6. The third-order valence-corrected chi connectivity index (χ3v) is 5.14. The highest BCUT2D eigenvalue weighted by atomic mass is 16.5. The van der Waals surface area contributed by atoms with E-state index < -0.39 is 6.10 Å². The van der Waals surface area contributed by atoms with E-state index in [1.165, 1.54) is 0 Å². The minimum atomic E-state index is -0.489. The zero-order valence-electron chi connectivity index (χ0n) is 15.8. The van der Waals surface area contributed by atoms with E-state index in [9.17, 15) is 9.90 Å². The molecule has 2 N–H and O–H groups in total. The number of aromatic nitrogens is 2. The smallest absolute Gasteiger partial charge is 0.237 e. The SMILES string of the molecule is Cc1cc(CCN2C[C@H](O)C[C@H]2C(=O)NCc2ccc3cccnc3c2)on1. The summed E-state index contributed by atoms with van der Waals surface area (Å²) in [5, 5.41) is 18.0. The minimum Gasteiger partial charge on any atom is -0.392 e. The summed E-state index contributed by atoms with van der Waals surface area (Å²) in [4.78, 5) is 19.1. The van der Waals surface area contributed by atoms with Gasteiger partial charge in [0.15, 0.2) is 0 Å². The molecule has 3 aromatic rings. The fourth-order valence-corrected chi connectivity index (χ4v) is 3.72. The molecule has 7 nitrogen and oxygen atoms in total. The van der Waals surface area contributed by atoms with Crippen LogP contribution < -0.4 is 5.32 Å². The summed E-state index contributed by atoms with van der Waals surface area (Å²) in [6, 6.07) is 11.5. The highest BCUT2D eigenvalue weighted by Gasteiger charge is 2.35. The molecular formula is C21H24N4O3. The fourth-order valence-electron chi connectivity index (χ4n) is 3.72. The number of carbonyl (C=O) groups excluding carboxylic acids is 1. The Bertz CT molecular complexity index is 971. The molecule has 146 valence electrons. The van der Waals surface area contributed by atoms with Gasteiger partial charge in [-0.25, -0.2) is 0 Å². The zero-order chi connectivity index (χ0) is 19.5. The first kappa shape index (κ1) is 18.6. The van der Waals surface area contributed by atoms with E-state index in [0.29, 0.717) is 32.5 Å². The number of aliphatic hydroxyl groups excluding tert-OH is 1. The van der Waals surface area contributed by atoms with Gasteiger partial charge in [-0.05, 0) is 31.0 Å². The number of nitrogens with zero attached hydrogens (tertiary/aromatic N) is 3. The van der Waals surface area contributed by atoms with Crippen LogP contribution in [0, 0.1) is 6.92 Å². The second kappa shape index (κ2) is 8.08. The molecule has 0 unspecified atom stereocenters. The molecule has 28 heavy (non-hydrogen) atoms. The standard InChI is InChI=1S/C21H24N4O3/c1-14-9-18(28-24-14)6-8-25-13-17(26)11-20(25)21(27)23-12-15-4-5-16-3-2-7-22-19(16)10-15/h2-5,7,9-10,17,20,26H,6,8,11-13H2,1H3,(H,23,27)/t17-,20+/m1/s1. The average Bonchev–Trinajstić information content (AvgIpc) is 3.29. The lowest BCUT2D eigenvalue weighted by molar-refractivity contribution is -0.125. The van der Waals surface area contributed by atoms with Gasteiger partial charge in [0.05, 0.1) is 23.4 Å².